The zero-order valence-corrected chi connectivity index (χ0v) is 17.2. The molecule has 0 spiro atoms. The molecule has 1 amide bonds. The smallest absolute Gasteiger partial charge is 0.339 e. The van der Waals surface area contributed by atoms with E-state index in [0.717, 1.165) is 17.5 Å². The number of amides is 1. The van der Waals surface area contributed by atoms with Crippen LogP contribution in [-0.4, -0.2) is 30.0 Å². The average Bonchev–Trinajstić information content (AvgIpc) is 2.69. The Hall–Kier alpha value is -2.60. The van der Waals surface area contributed by atoms with Crippen LogP contribution in [0.3, 0.4) is 0 Å². The Morgan fingerprint density at radius 1 is 1.07 bits per heavy atom. The van der Waals surface area contributed by atoms with E-state index in [0.29, 0.717) is 10.5 Å². The minimum Gasteiger partial charge on any atom is -0.452 e. The van der Waals surface area contributed by atoms with E-state index in [1.54, 1.807) is 24.3 Å². The van der Waals surface area contributed by atoms with Gasteiger partial charge in [-0.25, -0.2) is 4.79 Å². The fraction of sp³-hybridized carbons (Fsp3) is 0.318. The van der Waals surface area contributed by atoms with Crippen LogP contribution in [0.2, 0.25) is 0 Å². The molecule has 0 aliphatic rings. The third-order valence-corrected chi connectivity index (χ3v) is 5.31. The Morgan fingerprint density at radius 2 is 1.75 bits per heavy atom. The van der Waals surface area contributed by atoms with Crippen molar-refractivity contribution in [2.45, 2.75) is 38.1 Å². The van der Waals surface area contributed by atoms with E-state index in [1.165, 1.54) is 18.7 Å². The molecule has 0 aliphatic carbocycles. The summed E-state index contributed by atoms with van der Waals surface area (Å²) >= 11 is 1.28. The quantitative estimate of drug-likeness (QED) is 0.508. The topological polar surface area (TPSA) is 72.5 Å². The van der Waals surface area contributed by atoms with Crippen molar-refractivity contribution in [3.8, 4) is 0 Å². The highest BCUT2D eigenvalue weighted by Crippen LogP contribution is 2.23. The number of hydrogen-bond acceptors (Lipinski definition) is 5. The summed E-state index contributed by atoms with van der Waals surface area (Å²) in [5.41, 5.74) is 2.52. The van der Waals surface area contributed by atoms with Crippen molar-refractivity contribution in [2.75, 3.05) is 12.4 Å². The molecule has 0 fully saturated rings. The van der Waals surface area contributed by atoms with Crippen molar-refractivity contribution in [1.29, 1.82) is 0 Å². The van der Waals surface area contributed by atoms with Gasteiger partial charge in [0.1, 0.15) is 5.78 Å². The molecule has 0 aliphatic heterocycles. The van der Waals surface area contributed by atoms with Gasteiger partial charge in [0.05, 0.1) is 17.4 Å². The van der Waals surface area contributed by atoms with Crippen molar-refractivity contribution >= 4 is 29.4 Å². The van der Waals surface area contributed by atoms with Gasteiger partial charge in [-0.15, -0.1) is 11.8 Å². The Labute approximate surface area is 169 Å². The molecule has 5 nitrogen and oxygen atoms in total. The van der Waals surface area contributed by atoms with Crippen LogP contribution >= 0.6 is 11.8 Å². The summed E-state index contributed by atoms with van der Waals surface area (Å²) in [7, 11) is 0. The highest BCUT2D eigenvalue weighted by Gasteiger charge is 2.17. The van der Waals surface area contributed by atoms with Gasteiger partial charge in [0.2, 0.25) is 0 Å². The molecule has 1 atom stereocenters. The zero-order chi connectivity index (χ0) is 20.5. The molecule has 0 unspecified atom stereocenters. The summed E-state index contributed by atoms with van der Waals surface area (Å²) in [5.74, 6) is -0.631. The number of ketones is 1. The van der Waals surface area contributed by atoms with E-state index < -0.39 is 5.97 Å². The Kier molecular flexibility index (Phi) is 8.26. The summed E-state index contributed by atoms with van der Waals surface area (Å²) in [4.78, 5) is 36.5. The van der Waals surface area contributed by atoms with E-state index in [1.807, 2.05) is 38.1 Å². The molecule has 0 heterocycles. The Morgan fingerprint density at radius 3 is 2.39 bits per heavy atom. The van der Waals surface area contributed by atoms with Crippen LogP contribution in [0.25, 0.3) is 0 Å². The highest BCUT2D eigenvalue weighted by atomic mass is 32.2. The third kappa shape index (κ3) is 6.53. The van der Waals surface area contributed by atoms with Crippen LogP contribution in [0.4, 0.5) is 0 Å². The molecular formula is C22H25NO4S. The predicted octanol–water partition coefficient (Wildman–Crippen LogP) is 4.10. The zero-order valence-electron chi connectivity index (χ0n) is 16.4. The number of rotatable bonds is 9. The van der Waals surface area contributed by atoms with E-state index in [9.17, 15) is 14.4 Å². The first kappa shape index (κ1) is 21.7. The number of nitrogens with one attached hydrogen (secondary N) is 1. The molecule has 6 heteroatoms. The standard InChI is InChI=1S/C22H25NO4S/c1-4-19(17-11-9-15(2)10-12-17)23-21(25)13-27-22(26)18-7-5-6-8-20(18)28-14-16(3)24/h5-12,19H,4,13-14H2,1-3H3,(H,23,25)/t19-/m0/s1. The van der Waals surface area contributed by atoms with E-state index in [4.69, 9.17) is 4.74 Å². The number of carbonyl (C=O) groups is 3. The van der Waals surface area contributed by atoms with Gasteiger partial charge in [-0.3, -0.25) is 9.59 Å². The molecule has 28 heavy (non-hydrogen) atoms. The molecular weight excluding hydrogens is 374 g/mol. The van der Waals surface area contributed by atoms with Crippen LogP contribution < -0.4 is 5.32 Å². The Bertz CT molecular complexity index is 833. The lowest BCUT2D eigenvalue weighted by atomic mass is 10.0. The molecule has 2 aromatic rings. The number of carbonyl (C=O) groups excluding carboxylic acids is 3. The summed E-state index contributed by atoms with van der Waals surface area (Å²) < 4.78 is 5.19. The van der Waals surface area contributed by atoms with Crippen molar-refractivity contribution in [2.24, 2.45) is 0 Å². The largest absolute Gasteiger partial charge is 0.452 e. The van der Waals surface area contributed by atoms with Crippen molar-refractivity contribution in [3.05, 3.63) is 65.2 Å². The minimum atomic E-state index is -0.579. The number of benzene rings is 2. The van der Waals surface area contributed by atoms with Crippen LogP contribution in [0.1, 0.15) is 47.8 Å². The van der Waals surface area contributed by atoms with Crippen LogP contribution in [0, 0.1) is 6.92 Å². The molecule has 2 rings (SSSR count). The molecule has 0 saturated carbocycles. The average molecular weight is 400 g/mol. The van der Waals surface area contributed by atoms with Crippen LogP contribution in [0.5, 0.6) is 0 Å². The lowest BCUT2D eigenvalue weighted by molar-refractivity contribution is -0.125. The normalized spacial score (nSPS) is 11.5. The molecule has 148 valence electrons. The maximum Gasteiger partial charge on any atom is 0.339 e. The van der Waals surface area contributed by atoms with E-state index in [2.05, 4.69) is 5.32 Å². The van der Waals surface area contributed by atoms with E-state index >= 15 is 0 Å². The SMILES string of the molecule is CC[C@H](NC(=O)COC(=O)c1ccccc1SCC(C)=O)c1ccc(C)cc1. The molecule has 1 N–H and O–H groups in total. The maximum atomic E-state index is 12.4. The number of esters is 1. The second-order valence-corrected chi connectivity index (χ2v) is 7.52. The molecule has 0 aromatic heterocycles. The maximum absolute atomic E-state index is 12.4. The van der Waals surface area contributed by atoms with Gasteiger partial charge in [0.15, 0.2) is 6.61 Å². The van der Waals surface area contributed by atoms with E-state index in [-0.39, 0.29) is 30.1 Å². The minimum absolute atomic E-state index is 0.0225. The van der Waals surface area contributed by atoms with Gasteiger partial charge in [-0.1, -0.05) is 48.9 Å². The predicted molar refractivity (Wildman–Crippen MR) is 110 cm³/mol. The number of thioether (sulfide) groups is 1. The first-order valence-electron chi connectivity index (χ1n) is 9.15. The lowest BCUT2D eigenvalue weighted by Crippen LogP contribution is -2.32. The van der Waals surface area contributed by atoms with Gasteiger partial charge in [-0.05, 0) is 38.0 Å². The van der Waals surface area contributed by atoms with Crippen LogP contribution in [-0.2, 0) is 14.3 Å². The van der Waals surface area contributed by atoms with Gasteiger partial charge in [-0.2, -0.15) is 0 Å². The number of aryl methyl sites for hydroxylation is 1. The summed E-state index contributed by atoms with van der Waals surface area (Å²) in [6, 6.07) is 14.7. The second kappa shape index (κ2) is 10.7. The summed E-state index contributed by atoms with van der Waals surface area (Å²) in [6.45, 7) is 5.14. The Balaban J connectivity index is 1.94. The first-order valence-corrected chi connectivity index (χ1v) is 10.1. The molecule has 2 aromatic carbocycles. The van der Waals surface area contributed by atoms with Gasteiger partial charge in [0.25, 0.3) is 5.91 Å². The van der Waals surface area contributed by atoms with Gasteiger partial charge < -0.3 is 10.1 Å². The monoisotopic (exact) mass is 399 g/mol. The van der Waals surface area contributed by atoms with Crippen molar-refractivity contribution in [3.63, 3.8) is 0 Å². The first-order chi connectivity index (χ1) is 13.4. The van der Waals surface area contributed by atoms with Crippen molar-refractivity contribution in [1.82, 2.24) is 5.32 Å². The lowest BCUT2D eigenvalue weighted by Gasteiger charge is -2.18. The highest BCUT2D eigenvalue weighted by molar-refractivity contribution is 8.00. The number of ether oxygens (including phenoxy) is 1. The van der Waals surface area contributed by atoms with Gasteiger partial charge in [0, 0.05) is 4.90 Å². The fourth-order valence-corrected chi connectivity index (χ4v) is 3.45. The van der Waals surface area contributed by atoms with Crippen molar-refractivity contribution < 1.29 is 19.1 Å². The second-order valence-electron chi connectivity index (χ2n) is 6.50. The molecule has 0 radical (unpaired) electrons. The van der Waals surface area contributed by atoms with Gasteiger partial charge >= 0.3 is 5.97 Å². The summed E-state index contributed by atoms with van der Waals surface area (Å²) in [6.07, 6.45) is 0.729. The fourth-order valence-electron chi connectivity index (χ4n) is 2.61. The summed E-state index contributed by atoms with van der Waals surface area (Å²) in [5, 5.41) is 2.90. The molecule has 0 bridgehead atoms. The van der Waals surface area contributed by atoms with Crippen LogP contribution in [0.15, 0.2) is 53.4 Å². The molecule has 0 saturated heterocycles. The number of hydrogen-bond donors (Lipinski definition) is 1. The third-order valence-electron chi connectivity index (χ3n) is 4.10. The number of Topliss-reactive ketones (excluding diaryl/α,β-unsaturated/α-hetero) is 1.